The molecule has 1 fully saturated rings. The van der Waals surface area contributed by atoms with Gasteiger partial charge in [0.05, 0.1) is 5.41 Å². The Bertz CT molecular complexity index is 357. The van der Waals surface area contributed by atoms with Gasteiger partial charge in [0, 0.05) is 19.6 Å². The fourth-order valence-electron chi connectivity index (χ4n) is 2.52. The minimum Gasteiger partial charge on any atom is -0.481 e. The Hall–Kier alpha value is -1.26. The van der Waals surface area contributed by atoms with Gasteiger partial charge in [-0.25, -0.2) is 4.79 Å². The highest BCUT2D eigenvalue weighted by atomic mass is 16.4. The number of hydrogen-bond acceptors (Lipinski definition) is 2. The second-order valence-corrected chi connectivity index (χ2v) is 6.37. The van der Waals surface area contributed by atoms with Crippen molar-refractivity contribution in [3.05, 3.63) is 0 Å². The number of carbonyl (C=O) groups excluding carboxylic acids is 1. The van der Waals surface area contributed by atoms with Gasteiger partial charge in [0.15, 0.2) is 0 Å². The van der Waals surface area contributed by atoms with Gasteiger partial charge in [-0.3, -0.25) is 4.79 Å². The highest BCUT2D eigenvalue weighted by molar-refractivity contribution is 5.78. The van der Waals surface area contributed by atoms with Crippen molar-refractivity contribution in [2.45, 2.75) is 47.0 Å². The van der Waals surface area contributed by atoms with Crippen LogP contribution in [0.3, 0.4) is 0 Å². The minimum atomic E-state index is -0.784. The van der Waals surface area contributed by atoms with Crippen LogP contribution in [0.5, 0.6) is 0 Å². The maximum absolute atomic E-state index is 12.2. The van der Waals surface area contributed by atoms with Gasteiger partial charge in [-0.1, -0.05) is 27.7 Å². The van der Waals surface area contributed by atoms with Gasteiger partial charge < -0.3 is 15.3 Å². The van der Waals surface area contributed by atoms with Crippen molar-refractivity contribution in [3.8, 4) is 0 Å². The molecule has 1 aliphatic rings. The summed E-state index contributed by atoms with van der Waals surface area (Å²) in [6, 6.07) is -0.128. The van der Waals surface area contributed by atoms with Crippen LogP contribution in [0.15, 0.2) is 0 Å². The molecule has 5 nitrogen and oxygen atoms in total. The first kappa shape index (κ1) is 16.8. The number of carboxylic acids is 1. The van der Waals surface area contributed by atoms with E-state index >= 15 is 0 Å². The lowest BCUT2D eigenvalue weighted by Crippen LogP contribution is -2.53. The highest BCUT2D eigenvalue weighted by Gasteiger charge is 2.42. The van der Waals surface area contributed by atoms with E-state index in [4.69, 9.17) is 0 Å². The van der Waals surface area contributed by atoms with Crippen molar-refractivity contribution in [2.75, 3.05) is 19.6 Å². The molecule has 0 radical (unpaired) electrons. The van der Waals surface area contributed by atoms with Gasteiger partial charge in [0.2, 0.25) is 0 Å². The molecular weight excluding hydrogens is 256 g/mol. The molecule has 1 rings (SSSR count). The first-order valence-electron chi connectivity index (χ1n) is 7.58. The summed E-state index contributed by atoms with van der Waals surface area (Å²) < 4.78 is 0. The van der Waals surface area contributed by atoms with E-state index in [-0.39, 0.29) is 6.03 Å². The average molecular weight is 284 g/mol. The Morgan fingerprint density at radius 1 is 1.35 bits per heavy atom. The number of hydrogen-bond donors (Lipinski definition) is 2. The Kier molecular flexibility index (Phi) is 5.84. The number of carboxylic acid groups (broad SMARTS) is 1. The highest BCUT2D eigenvalue weighted by Crippen LogP contribution is 2.33. The molecule has 116 valence electrons. The third-order valence-electron chi connectivity index (χ3n) is 4.71. The topological polar surface area (TPSA) is 69.6 Å². The fourth-order valence-corrected chi connectivity index (χ4v) is 2.52. The second kappa shape index (κ2) is 6.95. The maximum Gasteiger partial charge on any atom is 0.317 e. The molecule has 0 aromatic heterocycles. The van der Waals surface area contributed by atoms with Gasteiger partial charge in [0.25, 0.3) is 0 Å². The largest absolute Gasteiger partial charge is 0.481 e. The van der Waals surface area contributed by atoms with E-state index in [1.165, 1.54) is 0 Å². The zero-order valence-electron chi connectivity index (χ0n) is 13.1. The molecule has 1 heterocycles. The first-order valence-corrected chi connectivity index (χ1v) is 7.58. The number of carbonyl (C=O) groups is 2. The van der Waals surface area contributed by atoms with Gasteiger partial charge >= 0.3 is 12.0 Å². The van der Waals surface area contributed by atoms with Gasteiger partial charge in [-0.2, -0.15) is 0 Å². The van der Waals surface area contributed by atoms with Gasteiger partial charge in [-0.05, 0) is 31.1 Å². The van der Waals surface area contributed by atoms with E-state index in [0.717, 1.165) is 6.42 Å². The van der Waals surface area contributed by atoms with Crippen LogP contribution < -0.4 is 5.32 Å². The van der Waals surface area contributed by atoms with Crippen molar-refractivity contribution >= 4 is 12.0 Å². The molecule has 2 atom stereocenters. The van der Waals surface area contributed by atoms with Gasteiger partial charge in [-0.15, -0.1) is 0 Å². The summed E-state index contributed by atoms with van der Waals surface area (Å²) in [5.41, 5.74) is -0.765. The second-order valence-electron chi connectivity index (χ2n) is 6.37. The lowest BCUT2D eigenvalue weighted by Gasteiger charge is -2.39. The van der Waals surface area contributed by atoms with Crippen molar-refractivity contribution in [2.24, 2.45) is 17.3 Å². The smallest absolute Gasteiger partial charge is 0.317 e. The summed E-state index contributed by atoms with van der Waals surface area (Å²) in [6.45, 7) is 9.86. The molecule has 0 aromatic rings. The number of nitrogens with one attached hydrogen (secondary N) is 1. The molecular formula is C15H28N2O3. The summed E-state index contributed by atoms with van der Waals surface area (Å²) in [7, 11) is 0. The SMILES string of the molecule is CCC1(C(=O)O)CCCN(C(=O)NCC(C)C(C)C)C1. The molecule has 1 saturated heterocycles. The number of amides is 2. The van der Waals surface area contributed by atoms with E-state index in [2.05, 4.69) is 26.1 Å². The molecule has 2 amide bonds. The van der Waals surface area contributed by atoms with Crippen LogP contribution in [0, 0.1) is 17.3 Å². The summed E-state index contributed by atoms with van der Waals surface area (Å²) in [4.78, 5) is 25.3. The Labute approximate surface area is 121 Å². The van der Waals surface area contributed by atoms with E-state index in [0.29, 0.717) is 44.3 Å². The predicted molar refractivity (Wildman–Crippen MR) is 78.6 cm³/mol. The molecule has 2 unspecified atom stereocenters. The zero-order valence-corrected chi connectivity index (χ0v) is 13.1. The summed E-state index contributed by atoms with van der Waals surface area (Å²) in [5.74, 6) is 0.151. The monoisotopic (exact) mass is 284 g/mol. The molecule has 0 bridgehead atoms. The van der Waals surface area contributed by atoms with Crippen molar-refractivity contribution < 1.29 is 14.7 Å². The van der Waals surface area contributed by atoms with E-state index in [1.807, 2.05) is 6.92 Å². The average Bonchev–Trinajstić information content (AvgIpc) is 2.43. The molecule has 0 saturated carbocycles. The number of piperidine rings is 1. The van der Waals surface area contributed by atoms with E-state index in [1.54, 1.807) is 4.90 Å². The van der Waals surface area contributed by atoms with E-state index in [9.17, 15) is 14.7 Å². The Balaban J connectivity index is 2.58. The maximum atomic E-state index is 12.2. The molecule has 0 aromatic carbocycles. The third-order valence-corrected chi connectivity index (χ3v) is 4.71. The van der Waals surface area contributed by atoms with Crippen LogP contribution in [-0.2, 0) is 4.79 Å². The van der Waals surface area contributed by atoms with Crippen LogP contribution in [0.25, 0.3) is 0 Å². The number of urea groups is 1. The molecule has 0 aliphatic carbocycles. The Morgan fingerprint density at radius 3 is 2.50 bits per heavy atom. The van der Waals surface area contributed by atoms with Crippen molar-refractivity contribution in [1.82, 2.24) is 10.2 Å². The lowest BCUT2D eigenvalue weighted by molar-refractivity contribution is -0.152. The number of aliphatic carboxylic acids is 1. The molecule has 0 spiro atoms. The lowest BCUT2D eigenvalue weighted by atomic mass is 9.78. The number of likely N-dealkylation sites (tertiary alicyclic amines) is 1. The fraction of sp³-hybridized carbons (Fsp3) is 0.867. The van der Waals surface area contributed by atoms with Crippen molar-refractivity contribution in [1.29, 1.82) is 0 Å². The molecule has 1 aliphatic heterocycles. The molecule has 5 heteroatoms. The summed E-state index contributed by atoms with van der Waals surface area (Å²) >= 11 is 0. The molecule has 20 heavy (non-hydrogen) atoms. The number of nitrogens with zero attached hydrogens (tertiary/aromatic N) is 1. The zero-order chi connectivity index (χ0) is 15.3. The summed E-state index contributed by atoms with van der Waals surface area (Å²) in [6.07, 6.45) is 1.98. The van der Waals surface area contributed by atoms with E-state index < -0.39 is 11.4 Å². The van der Waals surface area contributed by atoms with Crippen LogP contribution in [0.2, 0.25) is 0 Å². The third kappa shape index (κ3) is 3.87. The van der Waals surface area contributed by atoms with Gasteiger partial charge in [0.1, 0.15) is 0 Å². The van der Waals surface area contributed by atoms with Crippen LogP contribution in [-0.4, -0.2) is 41.6 Å². The quantitative estimate of drug-likeness (QED) is 0.815. The first-order chi connectivity index (χ1) is 9.32. The molecule has 2 N–H and O–H groups in total. The van der Waals surface area contributed by atoms with Crippen LogP contribution >= 0.6 is 0 Å². The van der Waals surface area contributed by atoms with Crippen LogP contribution in [0.4, 0.5) is 4.79 Å². The van der Waals surface area contributed by atoms with Crippen LogP contribution in [0.1, 0.15) is 47.0 Å². The minimum absolute atomic E-state index is 0.128. The van der Waals surface area contributed by atoms with Crippen molar-refractivity contribution in [3.63, 3.8) is 0 Å². The Morgan fingerprint density at radius 2 is 2.00 bits per heavy atom. The number of rotatable bonds is 5. The predicted octanol–water partition coefficient (Wildman–Crippen LogP) is 2.56. The normalized spacial score (nSPS) is 24.6. The summed E-state index contributed by atoms with van der Waals surface area (Å²) in [5, 5.41) is 12.3. The standard InChI is InChI=1S/C15H28N2O3/c1-5-15(13(18)19)7-6-8-17(10-15)14(20)16-9-12(4)11(2)3/h11-12H,5-10H2,1-4H3,(H,16,20)(H,18,19).